The van der Waals surface area contributed by atoms with Gasteiger partial charge in [-0.3, -0.25) is 9.36 Å². The number of β-amino-alcohol motifs (C(OH)–C–C–N with tert-alkyl or cyclic N) is 1. The Bertz CT molecular complexity index is 1320. The summed E-state index contributed by atoms with van der Waals surface area (Å²) in [5.74, 6) is 0.598. The minimum atomic E-state index is -2.80. The average molecular weight is 543 g/mol. The standard InChI is InChI=1S/C27H32F2N6O4/c28-24(29)25-30-20-3-1-2-4-21(20)35(25)22-15-23(32-27(31-22)33-11-13-38-14-12-33)39-19-7-5-17(6-8-19)26(37)34-10-9-18(36)16-34/h1-4,15,17-19,24,36H,5-14,16H2/t17-,18-,19-/m0/s1. The van der Waals surface area contributed by atoms with Crippen LogP contribution in [0, 0.1) is 5.92 Å². The molecule has 2 aromatic heterocycles. The molecule has 1 aromatic carbocycles. The number of hydrogen-bond acceptors (Lipinski definition) is 8. The van der Waals surface area contributed by atoms with Gasteiger partial charge in [0.15, 0.2) is 5.82 Å². The molecule has 0 radical (unpaired) electrons. The lowest BCUT2D eigenvalue weighted by Crippen LogP contribution is -2.38. The number of carbonyl (C=O) groups excluding carboxylic acids is 1. The molecule has 0 bridgehead atoms. The fourth-order valence-electron chi connectivity index (χ4n) is 5.71. The summed E-state index contributed by atoms with van der Waals surface area (Å²) in [6, 6.07) is 8.56. The second-order valence-electron chi connectivity index (χ2n) is 10.4. The first-order valence-corrected chi connectivity index (χ1v) is 13.6. The molecule has 2 saturated heterocycles. The number of nitrogens with zero attached hydrogens (tertiary/aromatic N) is 6. The van der Waals surface area contributed by atoms with Crippen molar-refractivity contribution in [1.82, 2.24) is 24.4 Å². The number of benzene rings is 1. The predicted molar refractivity (Wildman–Crippen MR) is 138 cm³/mol. The van der Waals surface area contributed by atoms with Crippen molar-refractivity contribution < 1.29 is 28.2 Å². The summed E-state index contributed by atoms with van der Waals surface area (Å²) in [4.78, 5) is 30.1. The molecular weight excluding hydrogens is 510 g/mol. The summed E-state index contributed by atoms with van der Waals surface area (Å²) in [6.45, 7) is 3.21. The SMILES string of the molecule is O=C([C@H]1CC[C@H](Oc2cc(-n3c(C(F)F)nc4ccccc43)nc(N3CCOCC3)n2)CC1)N1CC[C@H](O)C1. The highest BCUT2D eigenvalue weighted by molar-refractivity contribution is 5.79. The molecule has 4 heterocycles. The maximum Gasteiger partial charge on any atom is 0.296 e. The van der Waals surface area contributed by atoms with E-state index >= 15 is 0 Å². The molecule has 0 unspecified atom stereocenters. The van der Waals surface area contributed by atoms with Gasteiger partial charge >= 0.3 is 0 Å². The van der Waals surface area contributed by atoms with Crippen LogP contribution in [-0.2, 0) is 9.53 Å². The van der Waals surface area contributed by atoms with Gasteiger partial charge in [-0.25, -0.2) is 13.8 Å². The topological polar surface area (TPSA) is 106 Å². The van der Waals surface area contributed by atoms with E-state index in [0.29, 0.717) is 94.4 Å². The van der Waals surface area contributed by atoms with Crippen molar-refractivity contribution >= 4 is 22.9 Å². The average Bonchev–Trinajstić information content (AvgIpc) is 3.57. The van der Waals surface area contributed by atoms with E-state index < -0.39 is 12.5 Å². The summed E-state index contributed by atoms with van der Waals surface area (Å²) in [5.41, 5.74) is 0.978. The molecule has 3 fully saturated rings. The Morgan fingerprint density at radius 3 is 2.51 bits per heavy atom. The summed E-state index contributed by atoms with van der Waals surface area (Å²) in [7, 11) is 0. The molecular formula is C27H32F2N6O4. The molecule has 208 valence electrons. The minimum absolute atomic E-state index is 0.0778. The smallest absolute Gasteiger partial charge is 0.296 e. The highest BCUT2D eigenvalue weighted by atomic mass is 19.3. The molecule has 0 spiro atoms. The van der Waals surface area contributed by atoms with Crippen LogP contribution in [0.15, 0.2) is 30.3 Å². The van der Waals surface area contributed by atoms with Crippen molar-refractivity contribution in [3.05, 3.63) is 36.2 Å². The Kier molecular flexibility index (Phi) is 7.30. The number of hydrogen-bond donors (Lipinski definition) is 1. The molecule has 3 aromatic rings. The van der Waals surface area contributed by atoms with Gasteiger partial charge in [-0.2, -0.15) is 9.97 Å². The highest BCUT2D eigenvalue weighted by Gasteiger charge is 2.34. The van der Waals surface area contributed by atoms with E-state index in [2.05, 4.69) is 15.0 Å². The Morgan fingerprint density at radius 2 is 1.79 bits per heavy atom. The van der Waals surface area contributed by atoms with Crippen molar-refractivity contribution in [3.63, 3.8) is 0 Å². The Balaban J connectivity index is 1.26. The lowest BCUT2D eigenvalue weighted by Gasteiger charge is -2.31. The zero-order chi connectivity index (χ0) is 26.9. The van der Waals surface area contributed by atoms with Crippen molar-refractivity contribution in [2.75, 3.05) is 44.3 Å². The zero-order valence-electron chi connectivity index (χ0n) is 21.6. The number of alkyl halides is 2. The quantitative estimate of drug-likeness (QED) is 0.507. The molecule has 1 aliphatic carbocycles. The van der Waals surface area contributed by atoms with Crippen LogP contribution >= 0.6 is 0 Å². The maximum absolute atomic E-state index is 14.1. The van der Waals surface area contributed by atoms with Gasteiger partial charge in [0.1, 0.15) is 11.9 Å². The molecule has 1 N–H and O–H groups in total. The Morgan fingerprint density at radius 1 is 1.03 bits per heavy atom. The van der Waals surface area contributed by atoms with Gasteiger partial charge in [-0.05, 0) is 44.2 Å². The second-order valence-corrected chi connectivity index (χ2v) is 10.4. The van der Waals surface area contributed by atoms with Crippen LogP contribution in [0.2, 0.25) is 0 Å². The molecule has 10 nitrogen and oxygen atoms in total. The number of halogens is 2. The summed E-state index contributed by atoms with van der Waals surface area (Å²) in [5, 5.41) is 9.78. The third kappa shape index (κ3) is 5.40. The number of amides is 1. The van der Waals surface area contributed by atoms with E-state index in [0.717, 1.165) is 0 Å². The van der Waals surface area contributed by atoms with E-state index in [1.165, 1.54) is 4.57 Å². The van der Waals surface area contributed by atoms with E-state index in [9.17, 15) is 18.7 Å². The van der Waals surface area contributed by atoms with Crippen LogP contribution in [0.4, 0.5) is 14.7 Å². The molecule has 2 aliphatic heterocycles. The van der Waals surface area contributed by atoms with Crippen LogP contribution in [0.3, 0.4) is 0 Å². The van der Waals surface area contributed by atoms with E-state index in [1.54, 1.807) is 35.2 Å². The Hall–Kier alpha value is -3.38. The summed E-state index contributed by atoms with van der Waals surface area (Å²) in [6.07, 6.45) is -0.0337. The van der Waals surface area contributed by atoms with Crippen LogP contribution in [0.5, 0.6) is 5.88 Å². The fourth-order valence-corrected chi connectivity index (χ4v) is 5.71. The number of rotatable bonds is 6. The van der Waals surface area contributed by atoms with Crippen molar-refractivity contribution in [2.45, 2.75) is 50.7 Å². The number of morpholine rings is 1. The largest absolute Gasteiger partial charge is 0.474 e. The normalized spacial score (nSPS) is 24.1. The van der Waals surface area contributed by atoms with Gasteiger partial charge in [-0.1, -0.05) is 12.1 Å². The number of carbonyl (C=O) groups is 1. The van der Waals surface area contributed by atoms with Gasteiger partial charge in [0, 0.05) is 38.2 Å². The van der Waals surface area contributed by atoms with Gasteiger partial charge < -0.3 is 24.4 Å². The fraction of sp³-hybridized carbons (Fsp3) is 0.556. The number of aliphatic hydroxyl groups is 1. The third-order valence-corrected chi connectivity index (χ3v) is 7.77. The predicted octanol–water partition coefficient (Wildman–Crippen LogP) is 3.12. The number of imidazole rings is 1. The summed E-state index contributed by atoms with van der Waals surface area (Å²) >= 11 is 0. The third-order valence-electron chi connectivity index (χ3n) is 7.77. The molecule has 1 atom stereocenters. The molecule has 6 rings (SSSR count). The van der Waals surface area contributed by atoms with Crippen LogP contribution < -0.4 is 9.64 Å². The van der Waals surface area contributed by atoms with Gasteiger partial charge in [0.05, 0.1) is 30.4 Å². The van der Waals surface area contributed by atoms with Crippen LogP contribution in [-0.4, -0.2) is 87.0 Å². The van der Waals surface area contributed by atoms with Crippen molar-refractivity contribution in [2.24, 2.45) is 5.92 Å². The molecule has 12 heteroatoms. The second kappa shape index (κ2) is 11.0. The monoisotopic (exact) mass is 542 g/mol. The van der Waals surface area contributed by atoms with E-state index in [1.807, 2.05) is 4.90 Å². The lowest BCUT2D eigenvalue weighted by molar-refractivity contribution is -0.136. The first-order chi connectivity index (χ1) is 19.0. The lowest BCUT2D eigenvalue weighted by atomic mass is 9.86. The first-order valence-electron chi connectivity index (χ1n) is 13.6. The molecule has 3 aliphatic rings. The number of ether oxygens (including phenoxy) is 2. The molecule has 1 saturated carbocycles. The number of anilines is 1. The van der Waals surface area contributed by atoms with E-state index in [4.69, 9.17) is 9.47 Å². The van der Waals surface area contributed by atoms with E-state index in [-0.39, 0.29) is 29.6 Å². The van der Waals surface area contributed by atoms with Crippen LogP contribution in [0.1, 0.15) is 44.4 Å². The van der Waals surface area contributed by atoms with Crippen molar-refractivity contribution in [3.8, 4) is 11.7 Å². The minimum Gasteiger partial charge on any atom is -0.474 e. The number of fused-ring (bicyclic) bond motifs is 1. The van der Waals surface area contributed by atoms with Gasteiger partial charge in [-0.15, -0.1) is 0 Å². The molecule has 39 heavy (non-hydrogen) atoms. The maximum atomic E-state index is 14.1. The number of likely N-dealkylation sites (tertiary alicyclic amines) is 1. The summed E-state index contributed by atoms with van der Waals surface area (Å²) < 4.78 is 41.3. The zero-order valence-corrected chi connectivity index (χ0v) is 21.6. The highest BCUT2D eigenvalue weighted by Crippen LogP contribution is 2.32. The Labute approximate surface area is 224 Å². The van der Waals surface area contributed by atoms with Crippen LogP contribution in [0.25, 0.3) is 16.9 Å². The number of para-hydroxylation sites is 2. The number of aromatic nitrogens is 4. The van der Waals surface area contributed by atoms with Gasteiger partial charge in [0.2, 0.25) is 17.7 Å². The van der Waals surface area contributed by atoms with Crippen molar-refractivity contribution in [1.29, 1.82) is 0 Å². The first kappa shape index (κ1) is 25.9. The number of aliphatic hydroxyl groups excluding tert-OH is 1. The molecule has 1 amide bonds. The van der Waals surface area contributed by atoms with Gasteiger partial charge in [0.25, 0.3) is 6.43 Å².